The van der Waals surface area contributed by atoms with Gasteiger partial charge in [-0.05, 0) is 18.8 Å². The molecule has 0 saturated carbocycles. The summed E-state index contributed by atoms with van der Waals surface area (Å²) in [6.07, 6.45) is 3.28. The van der Waals surface area contributed by atoms with Crippen molar-refractivity contribution in [2.75, 3.05) is 0 Å². The minimum absolute atomic E-state index is 0.268. The van der Waals surface area contributed by atoms with Gasteiger partial charge >= 0.3 is 0 Å². The number of hydrogen-bond acceptors (Lipinski definition) is 2. The zero-order chi connectivity index (χ0) is 10.7. The molecule has 0 aliphatic carbocycles. The Morgan fingerprint density at radius 2 is 2.07 bits per heavy atom. The zero-order valence-corrected chi connectivity index (χ0v) is 9.44. The maximum Gasteiger partial charge on any atom is 0.0848 e. The third kappa shape index (κ3) is 2.35. The van der Waals surface area contributed by atoms with Crippen LogP contribution in [0.15, 0.2) is 12.4 Å². The van der Waals surface area contributed by atoms with Gasteiger partial charge in [-0.25, -0.2) is 0 Å². The van der Waals surface area contributed by atoms with E-state index in [4.69, 9.17) is 0 Å². The van der Waals surface area contributed by atoms with Gasteiger partial charge < -0.3 is 5.11 Å². The van der Waals surface area contributed by atoms with Crippen LogP contribution in [0.3, 0.4) is 0 Å². The molecule has 0 fully saturated rings. The SMILES string of the molecule is CCn1cc(C(O)C(C)C(C)C)cn1. The summed E-state index contributed by atoms with van der Waals surface area (Å²) in [6.45, 7) is 9.20. The van der Waals surface area contributed by atoms with E-state index in [-0.39, 0.29) is 5.92 Å². The van der Waals surface area contributed by atoms with Gasteiger partial charge in [-0.15, -0.1) is 0 Å². The van der Waals surface area contributed by atoms with Crippen molar-refractivity contribution in [3.05, 3.63) is 18.0 Å². The maximum atomic E-state index is 10.0. The number of rotatable bonds is 4. The van der Waals surface area contributed by atoms with Crippen molar-refractivity contribution in [2.45, 2.75) is 40.3 Å². The molecule has 0 aliphatic rings. The van der Waals surface area contributed by atoms with Crippen LogP contribution in [0.2, 0.25) is 0 Å². The van der Waals surface area contributed by atoms with E-state index < -0.39 is 6.10 Å². The summed E-state index contributed by atoms with van der Waals surface area (Å²) in [5.41, 5.74) is 0.924. The Hall–Kier alpha value is -0.830. The molecule has 1 rings (SSSR count). The summed E-state index contributed by atoms with van der Waals surface area (Å²) >= 11 is 0. The van der Waals surface area contributed by atoms with E-state index in [1.54, 1.807) is 6.20 Å². The van der Waals surface area contributed by atoms with Crippen LogP contribution in [0.5, 0.6) is 0 Å². The van der Waals surface area contributed by atoms with Gasteiger partial charge in [0, 0.05) is 18.3 Å². The second kappa shape index (κ2) is 4.60. The second-order valence-electron chi connectivity index (χ2n) is 4.18. The average molecular weight is 196 g/mol. The van der Waals surface area contributed by atoms with E-state index in [1.807, 2.05) is 17.8 Å². The minimum atomic E-state index is -0.393. The summed E-state index contributed by atoms with van der Waals surface area (Å²) in [4.78, 5) is 0. The Bertz CT molecular complexity index is 281. The van der Waals surface area contributed by atoms with Crippen molar-refractivity contribution in [2.24, 2.45) is 11.8 Å². The van der Waals surface area contributed by atoms with Crippen LogP contribution in [-0.2, 0) is 6.54 Å². The van der Waals surface area contributed by atoms with Crippen molar-refractivity contribution in [1.29, 1.82) is 0 Å². The largest absolute Gasteiger partial charge is 0.388 e. The van der Waals surface area contributed by atoms with Crippen molar-refractivity contribution in [1.82, 2.24) is 9.78 Å². The van der Waals surface area contributed by atoms with E-state index in [0.29, 0.717) is 5.92 Å². The van der Waals surface area contributed by atoms with Crippen LogP contribution in [-0.4, -0.2) is 14.9 Å². The van der Waals surface area contributed by atoms with Gasteiger partial charge in [0.05, 0.1) is 12.3 Å². The fourth-order valence-electron chi connectivity index (χ4n) is 1.37. The lowest BCUT2D eigenvalue weighted by Gasteiger charge is -2.20. The lowest BCUT2D eigenvalue weighted by Crippen LogP contribution is -2.14. The highest BCUT2D eigenvalue weighted by Gasteiger charge is 2.20. The molecule has 2 atom stereocenters. The summed E-state index contributed by atoms with van der Waals surface area (Å²) < 4.78 is 1.84. The molecule has 0 aliphatic heterocycles. The van der Waals surface area contributed by atoms with E-state index in [2.05, 4.69) is 25.9 Å². The molecule has 1 N–H and O–H groups in total. The molecule has 0 amide bonds. The number of aliphatic hydroxyl groups is 1. The van der Waals surface area contributed by atoms with E-state index in [1.165, 1.54) is 0 Å². The van der Waals surface area contributed by atoms with Crippen molar-refractivity contribution >= 4 is 0 Å². The number of aryl methyl sites for hydroxylation is 1. The highest BCUT2D eigenvalue weighted by Crippen LogP contribution is 2.26. The zero-order valence-electron chi connectivity index (χ0n) is 9.44. The van der Waals surface area contributed by atoms with E-state index in [0.717, 1.165) is 12.1 Å². The van der Waals surface area contributed by atoms with Gasteiger partial charge in [-0.3, -0.25) is 4.68 Å². The number of aromatic nitrogens is 2. The quantitative estimate of drug-likeness (QED) is 0.802. The highest BCUT2D eigenvalue weighted by molar-refractivity contribution is 5.09. The third-order valence-corrected chi connectivity index (χ3v) is 2.87. The Labute approximate surface area is 85.8 Å². The summed E-state index contributed by atoms with van der Waals surface area (Å²) in [6, 6.07) is 0. The second-order valence-corrected chi connectivity index (χ2v) is 4.18. The normalized spacial score (nSPS) is 15.9. The topological polar surface area (TPSA) is 38.0 Å². The van der Waals surface area contributed by atoms with Gasteiger partial charge in [0.25, 0.3) is 0 Å². The van der Waals surface area contributed by atoms with Gasteiger partial charge in [0.2, 0.25) is 0 Å². The predicted molar refractivity (Wildman–Crippen MR) is 56.9 cm³/mol. The third-order valence-electron chi connectivity index (χ3n) is 2.87. The van der Waals surface area contributed by atoms with Gasteiger partial charge in [0.15, 0.2) is 0 Å². The first-order chi connectivity index (χ1) is 6.56. The summed E-state index contributed by atoms with van der Waals surface area (Å²) in [5.74, 6) is 0.750. The maximum absolute atomic E-state index is 10.0. The molecule has 14 heavy (non-hydrogen) atoms. The van der Waals surface area contributed by atoms with Gasteiger partial charge in [-0.1, -0.05) is 20.8 Å². The molecule has 0 aromatic carbocycles. The number of aliphatic hydroxyl groups excluding tert-OH is 1. The molecular weight excluding hydrogens is 176 g/mol. The number of hydrogen-bond donors (Lipinski definition) is 1. The first-order valence-electron chi connectivity index (χ1n) is 5.26. The Morgan fingerprint density at radius 1 is 1.43 bits per heavy atom. The van der Waals surface area contributed by atoms with Crippen LogP contribution < -0.4 is 0 Å². The molecule has 0 spiro atoms. The van der Waals surface area contributed by atoms with Crippen molar-refractivity contribution in [3.8, 4) is 0 Å². The molecule has 1 heterocycles. The van der Waals surface area contributed by atoms with Crippen LogP contribution in [0.1, 0.15) is 39.4 Å². The van der Waals surface area contributed by atoms with Gasteiger partial charge in [-0.2, -0.15) is 5.10 Å². The minimum Gasteiger partial charge on any atom is -0.388 e. The standard InChI is InChI=1S/C11H20N2O/c1-5-13-7-10(6-12-13)11(14)9(4)8(2)3/h6-9,11,14H,5H2,1-4H3. The Balaban J connectivity index is 2.73. The smallest absolute Gasteiger partial charge is 0.0848 e. The lowest BCUT2D eigenvalue weighted by atomic mass is 9.89. The van der Waals surface area contributed by atoms with Gasteiger partial charge in [0.1, 0.15) is 0 Å². The summed E-state index contributed by atoms with van der Waals surface area (Å²) in [5, 5.41) is 14.2. The van der Waals surface area contributed by atoms with Crippen LogP contribution in [0.25, 0.3) is 0 Å². The molecule has 1 aromatic heterocycles. The molecular formula is C11H20N2O. The van der Waals surface area contributed by atoms with Crippen LogP contribution in [0, 0.1) is 11.8 Å². The molecule has 0 saturated heterocycles. The van der Waals surface area contributed by atoms with Crippen molar-refractivity contribution in [3.63, 3.8) is 0 Å². The lowest BCUT2D eigenvalue weighted by molar-refractivity contribution is 0.0920. The predicted octanol–water partition coefficient (Wildman–Crippen LogP) is 2.23. The molecule has 2 unspecified atom stereocenters. The monoisotopic (exact) mass is 196 g/mol. The Kier molecular flexibility index (Phi) is 3.69. The molecule has 0 radical (unpaired) electrons. The summed E-state index contributed by atoms with van der Waals surface area (Å²) in [7, 11) is 0. The van der Waals surface area contributed by atoms with E-state index >= 15 is 0 Å². The first-order valence-corrected chi connectivity index (χ1v) is 5.26. The average Bonchev–Trinajstić information content (AvgIpc) is 2.63. The molecule has 3 heteroatoms. The van der Waals surface area contributed by atoms with Crippen LogP contribution >= 0.6 is 0 Å². The fourth-order valence-corrected chi connectivity index (χ4v) is 1.37. The molecule has 80 valence electrons. The fraction of sp³-hybridized carbons (Fsp3) is 0.727. The molecule has 3 nitrogen and oxygen atoms in total. The molecule has 0 bridgehead atoms. The van der Waals surface area contributed by atoms with E-state index in [9.17, 15) is 5.11 Å². The van der Waals surface area contributed by atoms with Crippen LogP contribution in [0.4, 0.5) is 0 Å². The Morgan fingerprint density at radius 3 is 2.50 bits per heavy atom. The number of nitrogens with zero attached hydrogens (tertiary/aromatic N) is 2. The van der Waals surface area contributed by atoms with Crippen molar-refractivity contribution < 1.29 is 5.11 Å². The highest BCUT2D eigenvalue weighted by atomic mass is 16.3. The first kappa shape index (κ1) is 11.2. The molecule has 1 aromatic rings.